The lowest BCUT2D eigenvalue weighted by atomic mass is 10.2. The van der Waals surface area contributed by atoms with Gasteiger partial charge >= 0.3 is 0 Å². The van der Waals surface area contributed by atoms with Crippen LogP contribution in [0.25, 0.3) is 0 Å². The molecule has 0 saturated carbocycles. The molecule has 0 aliphatic heterocycles. The van der Waals surface area contributed by atoms with Crippen molar-refractivity contribution in [1.29, 1.82) is 0 Å². The first kappa shape index (κ1) is 23.5. The molecule has 0 radical (unpaired) electrons. The molecule has 10 nitrogen and oxygen atoms in total. The van der Waals surface area contributed by atoms with E-state index in [0.29, 0.717) is 0 Å². The molecule has 0 heterocycles. The zero-order valence-corrected chi connectivity index (χ0v) is 18.0. The van der Waals surface area contributed by atoms with E-state index in [1.165, 1.54) is 49.6 Å². The Hall–Kier alpha value is -4.19. The first-order chi connectivity index (χ1) is 15.7. The van der Waals surface area contributed by atoms with Gasteiger partial charge in [-0.25, -0.2) is 12.8 Å². The van der Waals surface area contributed by atoms with Crippen molar-refractivity contribution in [3.8, 4) is 11.5 Å². The summed E-state index contributed by atoms with van der Waals surface area (Å²) in [4.78, 5) is 22.3. The summed E-state index contributed by atoms with van der Waals surface area (Å²) in [5, 5.41) is 13.4. The van der Waals surface area contributed by atoms with E-state index in [0.717, 1.165) is 24.3 Å². The maximum absolute atomic E-state index is 13.1. The zero-order chi connectivity index (χ0) is 24.0. The number of amides is 1. The van der Waals surface area contributed by atoms with Gasteiger partial charge in [-0.3, -0.25) is 19.6 Å². The van der Waals surface area contributed by atoms with Gasteiger partial charge in [0.15, 0.2) is 6.61 Å². The van der Waals surface area contributed by atoms with E-state index in [1.807, 2.05) is 0 Å². The number of nitro benzene ring substituents is 1. The number of sulfonamides is 1. The van der Waals surface area contributed by atoms with E-state index in [1.54, 1.807) is 0 Å². The lowest BCUT2D eigenvalue weighted by molar-refractivity contribution is -0.384. The van der Waals surface area contributed by atoms with E-state index in [2.05, 4.69) is 10.0 Å². The largest absolute Gasteiger partial charge is 0.495 e. The molecule has 0 atom stereocenters. The number of rotatable bonds is 9. The number of non-ortho nitro benzene ring substituents is 1. The van der Waals surface area contributed by atoms with Gasteiger partial charge in [-0.15, -0.1) is 0 Å². The Kier molecular flexibility index (Phi) is 7.08. The lowest BCUT2D eigenvalue weighted by Crippen LogP contribution is -2.20. The van der Waals surface area contributed by atoms with Gasteiger partial charge in [0, 0.05) is 11.8 Å². The second kappa shape index (κ2) is 9.96. The molecule has 0 aliphatic carbocycles. The van der Waals surface area contributed by atoms with Gasteiger partial charge in [-0.1, -0.05) is 6.07 Å². The van der Waals surface area contributed by atoms with Gasteiger partial charge in [0.1, 0.15) is 17.3 Å². The van der Waals surface area contributed by atoms with Crippen LogP contribution in [0.15, 0.2) is 71.6 Å². The number of halogens is 1. The van der Waals surface area contributed by atoms with Gasteiger partial charge in [-0.05, 0) is 48.5 Å². The molecule has 0 unspecified atom stereocenters. The Labute approximate surface area is 188 Å². The third-order valence-electron chi connectivity index (χ3n) is 4.25. The van der Waals surface area contributed by atoms with Crippen molar-refractivity contribution in [2.45, 2.75) is 4.90 Å². The molecule has 0 bridgehead atoms. The van der Waals surface area contributed by atoms with Crippen LogP contribution in [0, 0.1) is 15.9 Å². The summed E-state index contributed by atoms with van der Waals surface area (Å²) in [5.74, 6) is -0.837. The number of carbonyl (C=O) groups excluding carboxylic acids is 1. The molecule has 2 N–H and O–H groups in total. The predicted molar refractivity (Wildman–Crippen MR) is 117 cm³/mol. The Morgan fingerprint density at radius 1 is 1.09 bits per heavy atom. The van der Waals surface area contributed by atoms with Gasteiger partial charge in [0.25, 0.3) is 21.6 Å². The number of hydrogen-bond acceptors (Lipinski definition) is 7. The number of methoxy groups -OCH3 is 1. The van der Waals surface area contributed by atoms with Crippen LogP contribution in [0.4, 0.5) is 21.5 Å². The standard InChI is InChI=1S/C21H18FN3O7S/c1-31-20-10-7-15(11-19(20)24-33(29,30)18-8-5-14(22)6-9-18)23-21(26)13-32-17-4-2-3-16(12-17)25(27)28/h2-12,24H,13H2,1H3,(H,23,26). The number of nitrogens with one attached hydrogen (secondary N) is 2. The topological polar surface area (TPSA) is 137 Å². The summed E-state index contributed by atoms with van der Waals surface area (Å²) in [6, 6.07) is 13.9. The summed E-state index contributed by atoms with van der Waals surface area (Å²) >= 11 is 0. The highest BCUT2D eigenvalue weighted by Gasteiger charge is 2.18. The summed E-state index contributed by atoms with van der Waals surface area (Å²) in [5.41, 5.74) is 0.0978. The van der Waals surface area contributed by atoms with E-state index in [9.17, 15) is 27.7 Å². The fourth-order valence-corrected chi connectivity index (χ4v) is 3.78. The number of benzene rings is 3. The molecule has 0 fully saturated rings. The normalized spacial score (nSPS) is 10.8. The number of nitro groups is 1. The highest BCUT2D eigenvalue weighted by Crippen LogP contribution is 2.30. The second-order valence-corrected chi connectivity index (χ2v) is 8.25. The van der Waals surface area contributed by atoms with Gasteiger partial charge in [0.05, 0.1) is 28.7 Å². The first-order valence-corrected chi connectivity index (χ1v) is 10.8. The van der Waals surface area contributed by atoms with Crippen molar-refractivity contribution < 1.29 is 32.0 Å². The maximum Gasteiger partial charge on any atom is 0.273 e. The first-order valence-electron chi connectivity index (χ1n) is 9.31. The van der Waals surface area contributed by atoms with E-state index in [4.69, 9.17) is 9.47 Å². The van der Waals surface area contributed by atoms with Gasteiger partial charge in [-0.2, -0.15) is 0 Å². The van der Waals surface area contributed by atoms with E-state index >= 15 is 0 Å². The van der Waals surface area contributed by atoms with Gasteiger partial charge < -0.3 is 14.8 Å². The molecule has 3 aromatic carbocycles. The molecule has 0 aliphatic rings. The van der Waals surface area contributed by atoms with Crippen LogP contribution in [0.1, 0.15) is 0 Å². The van der Waals surface area contributed by atoms with Gasteiger partial charge in [0.2, 0.25) is 0 Å². The average Bonchev–Trinajstić information content (AvgIpc) is 2.78. The lowest BCUT2D eigenvalue weighted by Gasteiger charge is -2.14. The third kappa shape index (κ3) is 6.17. The van der Waals surface area contributed by atoms with Crippen LogP contribution < -0.4 is 19.5 Å². The Bertz CT molecular complexity index is 1280. The summed E-state index contributed by atoms with van der Waals surface area (Å²) in [6.45, 7) is -0.441. The smallest absolute Gasteiger partial charge is 0.273 e. The quantitative estimate of drug-likeness (QED) is 0.357. The summed E-state index contributed by atoms with van der Waals surface area (Å²) in [7, 11) is -2.71. The Morgan fingerprint density at radius 2 is 1.82 bits per heavy atom. The molecule has 33 heavy (non-hydrogen) atoms. The molecule has 3 aromatic rings. The van der Waals surface area contributed by atoms with Crippen molar-refractivity contribution in [1.82, 2.24) is 0 Å². The number of carbonyl (C=O) groups is 1. The average molecular weight is 475 g/mol. The minimum absolute atomic E-state index is 0.0410. The minimum Gasteiger partial charge on any atom is -0.495 e. The molecular weight excluding hydrogens is 457 g/mol. The number of ether oxygens (including phenoxy) is 2. The molecule has 3 rings (SSSR count). The highest BCUT2D eigenvalue weighted by molar-refractivity contribution is 7.92. The molecular formula is C21H18FN3O7S. The third-order valence-corrected chi connectivity index (χ3v) is 5.63. The van der Waals surface area contributed by atoms with Crippen LogP contribution in [0.3, 0.4) is 0 Å². The molecule has 0 saturated heterocycles. The highest BCUT2D eigenvalue weighted by atomic mass is 32.2. The van der Waals surface area contributed by atoms with Crippen molar-refractivity contribution in [3.05, 3.63) is 82.7 Å². The second-order valence-electron chi connectivity index (χ2n) is 6.57. The van der Waals surface area contributed by atoms with Crippen LogP contribution in [0.2, 0.25) is 0 Å². The fraction of sp³-hybridized carbons (Fsp3) is 0.0952. The fourth-order valence-electron chi connectivity index (χ4n) is 2.72. The van der Waals surface area contributed by atoms with Crippen LogP contribution in [-0.4, -0.2) is 33.0 Å². The molecule has 0 aromatic heterocycles. The summed E-state index contributed by atoms with van der Waals surface area (Å²) in [6.07, 6.45) is 0. The monoisotopic (exact) mass is 475 g/mol. The number of hydrogen-bond donors (Lipinski definition) is 2. The SMILES string of the molecule is COc1ccc(NC(=O)COc2cccc([N+](=O)[O-])c2)cc1NS(=O)(=O)c1ccc(F)cc1. The van der Waals surface area contributed by atoms with E-state index in [-0.39, 0.29) is 33.5 Å². The van der Waals surface area contributed by atoms with Crippen molar-refractivity contribution in [2.24, 2.45) is 0 Å². The molecule has 1 amide bonds. The Morgan fingerprint density at radius 3 is 2.48 bits per heavy atom. The van der Waals surface area contributed by atoms with Crippen LogP contribution in [0.5, 0.6) is 11.5 Å². The maximum atomic E-state index is 13.1. The van der Waals surface area contributed by atoms with Crippen LogP contribution >= 0.6 is 0 Å². The number of nitrogens with zero attached hydrogens (tertiary/aromatic N) is 1. The summed E-state index contributed by atoms with van der Waals surface area (Å²) < 4.78 is 51.1. The van der Waals surface area contributed by atoms with Crippen molar-refractivity contribution >= 4 is 33.0 Å². The zero-order valence-electron chi connectivity index (χ0n) is 17.1. The van der Waals surface area contributed by atoms with Crippen molar-refractivity contribution in [3.63, 3.8) is 0 Å². The minimum atomic E-state index is -4.05. The van der Waals surface area contributed by atoms with Crippen molar-refractivity contribution in [2.75, 3.05) is 23.8 Å². The molecule has 12 heteroatoms. The predicted octanol–water partition coefficient (Wildman–Crippen LogP) is 3.56. The molecule has 0 spiro atoms. The molecule has 172 valence electrons. The van der Waals surface area contributed by atoms with E-state index < -0.39 is 33.3 Å². The number of anilines is 2. The van der Waals surface area contributed by atoms with Crippen LogP contribution in [-0.2, 0) is 14.8 Å². The Balaban J connectivity index is 1.71.